The molecule has 6 heteroatoms. The van der Waals surface area contributed by atoms with E-state index in [4.69, 9.17) is 0 Å². The van der Waals surface area contributed by atoms with E-state index >= 15 is 0 Å². The van der Waals surface area contributed by atoms with Gasteiger partial charge in [-0.2, -0.15) is 5.10 Å². The van der Waals surface area contributed by atoms with E-state index in [1.54, 1.807) is 11.3 Å². The number of fused-ring (bicyclic) bond motifs is 1. The number of para-hydroxylation sites is 1. The van der Waals surface area contributed by atoms with Gasteiger partial charge in [0.15, 0.2) is 4.34 Å². The molecule has 0 spiro atoms. The molecule has 1 aliphatic carbocycles. The second-order valence-electron chi connectivity index (χ2n) is 4.66. The summed E-state index contributed by atoms with van der Waals surface area (Å²) < 4.78 is 2.08. The smallest absolute Gasteiger partial charge is 0.250 e. The molecule has 0 saturated heterocycles. The van der Waals surface area contributed by atoms with Gasteiger partial charge in [-0.15, -0.1) is 11.3 Å². The van der Waals surface area contributed by atoms with Crippen molar-refractivity contribution in [2.24, 2.45) is 5.10 Å². The molecule has 4 nitrogen and oxygen atoms in total. The van der Waals surface area contributed by atoms with Gasteiger partial charge in [-0.3, -0.25) is 4.79 Å². The summed E-state index contributed by atoms with van der Waals surface area (Å²) in [7, 11) is 0. The number of benzene rings is 1. The molecule has 20 heavy (non-hydrogen) atoms. The molecule has 104 valence electrons. The third-order valence-electron chi connectivity index (χ3n) is 3.12. The number of rotatable bonds is 4. The van der Waals surface area contributed by atoms with Crippen LogP contribution in [0.25, 0.3) is 10.2 Å². The van der Waals surface area contributed by atoms with Crippen molar-refractivity contribution in [3.63, 3.8) is 0 Å². The molecule has 0 radical (unpaired) electrons. The summed E-state index contributed by atoms with van der Waals surface area (Å²) in [6.07, 6.45) is 4.42. The number of hydrogen-bond acceptors (Lipinski definition) is 5. The van der Waals surface area contributed by atoms with Gasteiger partial charge in [0.2, 0.25) is 0 Å². The first kappa shape index (κ1) is 13.6. The maximum Gasteiger partial charge on any atom is 0.250 e. The molecule has 1 heterocycles. The Bertz CT molecular complexity index is 610. The van der Waals surface area contributed by atoms with Gasteiger partial charge in [-0.25, -0.2) is 10.4 Å². The van der Waals surface area contributed by atoms with Gasteiger partial charge in [0.05, 0.1) is 16.0 Å². The van der Waals surface area contributed by atoms with Crippen LogP contribution >= 0.6 is 23.1 Å². The second-order valence-corrected chi connectivity index (χ2v) is 6.91. The van der Waals surface area contributed by atoms with Gasteiger partial charge in [-0.05, 0) is 37.8 Å². The van der Waals surface area contributed by atoms with Gasteiger partial charge in [0.1, 0.15) is 0 Å². The van der Waals surface area contributed by atoms with E-state index in [2.05, 4.69) is 15.5 Å². The van der Waals surface area contributed by atoms with Crippen LogP contribution in [0.15, 0.2) is 33.7 Å². The maximum absolute atomic E-state index is 11.7. The van der Waals surface area contributed by atoms with E-state index in [9.17, 15) is 4.79 Å². The fourth-order valence-corrected chi connectivity index (χ4v) is 3.97. The normalized spacial score (nSPS) is 14.7. The largest absolute Gasteiger partial charge is 0.272 e. The van der Waals surface area contributed by atoms with E-state index in [-0.39, 0.29) is 5.91 Å². The molecule has 1 fully saturated rings. The van der Waals surface area contributed by atoms with Gasteiger partial charge in [0.25, 0.3) is 5.91 Å². The second kappa shape index (κ2) is 6.37. The van der Waals surface area contributed by atoms with Crippen LogP contribution in [0.2, 0.25) is 0 Å². The number of carbonyl (C=O) groups excluding carboxylic acids is 1. The Morgan fingerprint density at radius 2 is 2.15 bits per heavy atom. The molecule has 1 aromatic heterocycles. The first-order valence-corrected chi connectivity index (χ1v) is 8.44. The van der Waals surface area contributed by atoms with E-state index in [0.29, 0.717) is 5.75 Å². The van der Waals surface area contributed by atoms with Crippen molar-refractivity contribution in [3.05, 3.63) is 24.3 Å². The van der Waals surface area contributed by atoms with Crippen LogP contribution < -0.4 is 5.43 Å². The third-order valence-corrected chi connectivity index (χ3v) is 5.30. The van der Waals surface area contributed by atoms with Crippen LogP contribution in [0.1, 0.15) is 25.7 Å². The third kappa shape index (κ3) is 3.37. The molecule has 1 amide bonds. The average molecular weight is 305 g/mol. The number of thiazole rings is 1. The number of thioether (sulfide) groups is 1. The molecule has 2 aromatic rings. The van der Waals surface area contributed by atoms with Crippen molar-refractivity contribution >= 4 is 44.9 Å². The Morgan fingerprint density at radius 3 is 2.95 bits per heavy atom. The minimum absolute atomic E-state index is 0.0614. The zero-order chi connectivity index (χ0) is 13.8. The SMILES string of the molecule is O=C(CSc1nc2ccccc2s1)NN=C1CCCC1. The number of hydrazone groups is 1. The van der Waals surface area contributed by atoms with Crippen LogP contribution in [0.5, 0.6) is 0 Å². The van der Waals surface area contributed by atoms with Gasteiger partial charge in [0, 0.05) is 5.71 Å². The predicted octanol–water partition coefficient (Wildman–Crippen LogP) is 3.43. The maximum atomic E-state index is 11.7. The molecule has 3 rings (SSSR count). The lowest BCUT2D eigenvalue weighted by Gasteiger charge is -1.99. The Labute approximate surface area is 125 Å². The zero-order valence-electron chi connectivity index (χ0n) is 11.0. The Kier molecular flexibility index (Phi) is 4.32. The van der Waals surface area contributed by atoms with Crippen LogP contribution in [0.3, 0.4) is 0 Å². The number of carbonyl (C=O) groups is 1. The summed E-state index contributed by atoms with van der Waals surface area (Å²) in [4.78, 5) is 16.2. The number of nitrogens with one attached hydrogen (secondary N) is 1. The number of hydrogen-bond donors (Lipinski definition) is 1. The molecule has 1 aromatic carbocycles. The van der Waals surface area contributed by atoms with Crippen molar-refractivity contribution in [1.29, 1.82) is 0 Å². The van der Waals surface area contributed by atoms with Crippen LogP contribution in [-0.4, -0.2) is 22.4 Å². The molecular weight excluding hydrogens is 290 g/mol. The van der Waals surface area contributed by atoms with Crippen molar-refractivity contribution in [2.45, 2.75) is 30.0 Å². The Hall–Kier alpha value is -1.40. The molecule has 1 aliphatic rings. The molecular formula is C14H15N3OS2. The molecule has 0 atom stereocenters. The lowest BCUT2D eigenvalue weighted by molar-refractivity contribution is -0.118. The summed E-state index contributed by atoms with van der Waals surface area (Å²) in [5.41, 5.74) is 4.74. The average Bonchev–Trinajstić information content (AvgIpc) is 3.11. The first-order valence-electron chi connectivity index (χ1n) is 6.64. The Balaban J connectivity index is 1.53. The first-order chi connectivity index (χ1) is 9.81. The number of nitrogens with zero attached hydrogens (tertiary/aromatic N) is 2. The lowest BCUT2D eigenvalue weighted by Crippen LogP contribution is -2.20. The van der Waals surface area contributed by atoms with E-state index in [1.165, 1.54) is 24.6 Å². The minimum atomic E-state index is -0.0614. The summed E-state index contributed by atoms with van der Waals surface area (Å²) in [6, 6.07) is 8.01. The molecule has 0 bridgehead atoms. The molecule has 1 N–H and O–H groups in total. The van der Waals surface area contributed by atoms with Gasteiger partial charge >= 0.3 is 0 Å². The molecule has 0 unspecified atom stereocenters. The summed E-state index contributed by atoms with van der Waals surface area (Å²) in [6.45, 7) is 0. The Morgan fingerprint density at radius 1 is 1.35 bits per heavy atom. The van der Waals surface area contributed by atoms with Crippen molar-refractivity contribution in [1.82, 2.24) is 10.4 Å². The van der Waals surface area contributed by atoms with E-state index < -0.39 is 0 Å². The topological polar surface area (TPSA) is 54.4 Å². The number of aromatic nitrogens is 1. The monoisotopic (exact) mass is 305 g/mol. The summed E-state index contributed by atoms with van der Waals surface area (Å²) in [5, 5.41) is 4.16. The summed E-state index contributed by atoms with van der Waals surface area (Å²) >= 11 is 3.08. The highest BCUT2D eigenvalue weighted by Crippen LogP contribution is 2.29. The minimum Gasteiger partial charge on any atom is -0.272 e. The molecule has 1 saturated carbocycles. The van der Waals surface area contributed by atoms with Gasteiger partial charge < -0.3 is 0 Å². The lowest BCUT2D eigenvalue weighted by atomic mass is 10.3. The standard InChI is InChI=1S/C14H15N3OS2/c18-13(17-16-10-5-1-2-6-10)9-19-14-15-11-7-3-4-8-12(11)20-14/h3-4,7-8H,1-2,5-6,9H2,(H,17,18). The van der Waals surface area contributed by atoms with Crippen molar-refractivity contribution in [2.75, 3.05) is 5.75 Å². The summed E-state index contributed by atoms with van der Waals surface area (Å²) in [5.74, 6) is 0.296. The predicted molar refractivity (Wildman–Crippen MR) is 84.4 cm³/mol. The van der Waals surface area contributed by atoms with Crippen molar-refractivity contribution < 1.29 is 4.79 Å². The quantitative estimate of drug-likeness (QED) is 0.695. The highest BCUT2D eigenvalue weighted by atomic mass is 32.2. The zero-order valence-corrected chi connectivity index (χ0v) is 12.6. The molecule has 0 aliphatic heterocycles. The van der Waals surface area contributed by atoms with Crippen LogP contribution in [-0.2, 0) is 4.79 Å². The van der Waals surface area contributed by atoms with Gasteiger partial charge in [-0.1, -0.05) is 23.9 Å². The van der Waals surface area contributed by atoms with E-state index in [0.717, 1.165) is 33.1 Å². The highest BCUT2D eigenvalue weighted by molar-refractivity contribution is 8.01. The fraction of sp³-hybridized carbons (Fsp3) is 0.357. The van der Waals surface area contributed by atoms with Crippen molar-refractivity contribution in [3.8, 4) is 0 Å². The fourth-order valence-electron chi connectivity index (χ4n) is 2.11. The van der Waals surface area contributed by atoms with Crippen LogP contribution in [0.4, 0.5) is 0 Å². The van der Waals surface area contributed by atoms with Crippen LogP contribution in [0, 0.1) is 0 Å². The van der Waals surface area contributed by atoms with E-state index in [1.807, 2.05) is 24.3 Å². The number of amides is 1. The highest BCUT2D eigenvalue weighted by Gasteiger charge is 2.10.